The molecule has 0 unspecified atom stereocenters. The minimum Gasteiger partial charge on any atom is -0.382 e. The molecule has 13 heteroatoms. The van der Waals surface area contributed by atoms with Gasteiger partial charge in [-0.15, -0.1) is 0 Å². The fourth-order valence-electron chi connectivity index (χ4n) is 4.96. The topological polar surface area (TPSA) is 135 Å². The number of hydrogen-bond donors (Lipinski definition) is 3. The first-order valence-corrected chi connectivity index (χ1v) is 13.3. The molecule has 5 rings (SSSR count). The Kier molecular flexibility index (Phi) is 7.49. The lowest BCUT2D eigenvalue weighted by Crippen LogP contribution is -2.48. The lowest BCUT2D eigenvalue weighted by atomic mass is 9.91. The number of pyridine rings is 1. The Hall–Kier alpha value is -4.00. The highest BCUT2D eigenvalue weighted by atomic mass is 19.4. The average molecular weight is 555 g/mol. The number of hydrogen-bond acceptors (Lipinski definition) is 10. The Labute approximate surface area is 230 Å². The molecule has 0 radical (unpaired) electrons. The van der Waals surface area contributed by atoms with E-state index < -0.39 is 11.7 Å². The Bertz CT molecular complexity index is 1380. The molecule has 10 nitrogen and oxygen atoms in total. The van der Waals surface area contributed by atoms with E-state index in [4.69, 9.17) is 11.5 Å². The van der Waals surface area contributed by atoms with Crippen molar-refractivity contribution >= 4 is 29.0 Å². The summed E-state index contributed by atoms with van der Waals surface area (Å²) in [4.78, 5) is 25.4. The maximum absolute atomic E-state index is 14.0. The van der Waals surface area contributed by atoms with Gasteiger partial charge in [0.05, 0.1) is 17.6 Å². The molecule has 0 atom stereocenters. The van der Waals surface area contributed by atoms with Gasteiger partial charge in [-0.2, -0.15) is 13.2 Å². The van der Waals surface area contributed by atoms with Gasteiger partial charge in [0.25, 0.3) is 0 Å². The minimum atomic E-state index is -4.69. The maximum atomic E-state index is 14.0. The molecule has 0 aliphatic carbocycles. The smallest absolute Gasteiger partial charge is 0.382 e. The van der Waals surface area contributed by atoms with Gasteiger partial charge in [-0.05, 0) is 51.2 Å². The van der Waals surface area contributed by atoms with Crippen LogP contribution >= 0.6 is 0 Å². The molecule has 5 heterocycles. The largest absolute Gasteiger partial charge is 0.420 e. The quantitative estimate of drug-likeness (QED) is 0.404. The van der Waals surface area contributed by atoms with Crippen LogP contribution in [0.3, 0.4) is 0 Å². The molecule has 212 valence electrons. The molecule has 3 aromatic heterocycles. The van der Waals surface area contributed by atoms with E-state index in [9.17, 15) is 13.2 Å². The summed E-state index contributed by atoms with van der Waals surface area (Å²) in [6.07, 6.45) is 3.51. The average Bonchev–Trinajstić information content (AvgIpc) is 2.93. The van der Waals surface area contributed by atoms with E-state index in [0.717, 1.165) is 57.1 Å². The highest BCUT2D eigenvalue weighted by Gasteiger charge is 2.37. The van der Waals surface area contributed by atoms with Crippen LogP contribution in [-0.4, -0.2) is 56.6 Å². The maximum Gasteiger partial charge on any atom is 0.420 e. The lowest BCUT2D eigenvalue weighted by molar-refractivity contribution is -0.137. The number of nitrogen functional groups attached to an aromatic ring is 1. The number of rotatable bonds is 6. The molecule has 2 fully saturated rings. The first kappa shape index (κ1) is 27.6. The molecule has 3 aromatic rings. The highest BCUT2D eigenvalue weighted by molar-refractivity contribution is 5.82. The zero-order valence-electron chi connectivity index (χ0n) is 22.4. The van der Waals surface area contributed by atoms with Crippen molar-refractivity contribution in [2.45, 2.75) is 50.7 Å². The summed E-state index contributed by atoms with van der Waals surface area (Å²) in [5, 5.41) is 3.15. The zero-order chi connectivity index (χ0) is 28.5. The number of nitrogens with one attached hydrogen (secondary N) is 1. The van der Waals surface area contributed by atoms with Gasteiger partial charge in [0.2, 0.25) is 5.95 Å². The molecule has 0 spiro atoms. The van der Waals surface area contributed by atoms with Crippen LogP contribution in [0.1, 0.15) is 50.3 Å². The van der Waals surface area contributed by atoms with Gasteiger partial charge in [0.1, 0.15) is 22.6 Å². The summed E-state index contributed by atoms with van der Waals surface area (Å²) in [7, 11) is 0. The van der Waals surface area contributed by atoms with E-state index in [-0.39, 0.29) is 40.1 Å². The first-order valence-electron chi connectivity index (χ1n) is 13.3. The summed E-state index contributed by atoms with van der Waals surface area (Å²) in [5.41, 5.74) is 12.0. The van der Waals surface area contributed by atoms with Crippen LogP contribution in [-0.2, 0) is 6.18 Å². The van der Waals surface area contributed by atoms with Crippen molar-refractivity contribution in [1.29, 1.82) is 0 Å². The van der Waals surface area contributed by atoms with Crippen molar-refractivity contribution in [1.82, 2.24) is 24.9 Å². The molecule has 0 saturated carbocycles. The third-order valence-electron chi connectivity index (χ3n) is 7.35. The predicted molar refractivity (Wildman–Crippen MR) is 149 cm³/mol. The molecule has 2 saturated heterocycles. The fourth-order valence-corrected chi connectivity index (χ4v) is 4.96. The van der Waals surface area contributed by atoms with Crippen LogP contribution in [0, 0.1) is 0 Å². The minimum absolute atomic E-state index is 0.00877. The number of nitrogens with two attached hydrogens (primary N) is 2. The van der Waals surface area contributed by atoms with Crippen molar-refractivity contribution in [3.63, 3.8) is 0 Å². The summed E-state index contributed by atoms with van der Waals surface area (Å²) >= 11 is 0. The standard InChI is InChI=1S/C27H33F3N10/c1-17(36-24-20(7-6-10-33-24)39-13-8-26(2,32)9-14-39)21-23(31)34-16-19(37-21)22-18(27(28,29)30)15-35-25(38-22)40-11-4-3-5-12-40/h6-7,10,15-16H,1,3-5,8-9,11-14,32H2,2H3,(H2,31,34)(H,33,36). The number of piperidine rings is 2. The van der Waals surface area contributed by atoms with E-state index in [0.29, 0.717) is 18.9 Å². The zero-order valence-corrected chi connectivity index (χ0v) is 22.4. The van der Waals surface area contributed by atoms with Crippen LogP contribution in [0.25, 0.3) is 17.1 Å². The molecular formula is C27H33F3N10. The predicted octanol–water partition coefficient (Wildman–Crippen LogP) is 4.32. The second kappa shape index (κ2) is 10.9. The Morgan fingerprint density at radius 3 is 2.42 bits per heavy atom. The molecule has 0 amide bonds. The number of nitrogens with zero attached hydrogens (tertiary/aromatic N) is 7. The van der Waals surface area contributed by atoms with Crippen LogP contribution < -0.4 is 26.6 Å². The van der Waals surface area contributed by atoms with Gasteiger partial charge in [0, 0.05) is 44.1 Å². The van der Waals surface area contributed by atoms with Gasteiger partial charge in [-0.25, -0.2) is 24.9 Å². The molecule has 2 aliphatic rings. The van der Waals surface area contributed by atoms with Gasteiger partial charge >= 0.3 is 6.18 Å². The van der Waals surface area contributed by atoms with Gasteiger partial charge in [-0.3, -0.25) is 0 Å². The Morgan fingerprint density at radius 2 is 1.73 bits per heavy atom. The number of anilines is 4. The van der Waals surface area contributed by atoms with E-state index in [1.807, 2.05) is 24.0 Å². The van der Waals surface area contributed by atoms with Crippen LogP contribution in [0.4, 0.5) is 36.4 Å². The van der Waals surface area contributed by atoms with Gasteiger partial charge < -0.3 is 26.6 Å². The SMILES string of the molecule is C=C(Nc1ncccc1N1CCC(C)(N)CC1)c1nc(-c2nc(N3CCCCC3)ncc2C(F)(F)F)cnc1N. The van der Waals surface area contributed by atoms with E-state index >= 15 is 0 Å². The second-order valence-electron chi connectivity index (χ2n) is 10.6. The summed E-state index contributed by atoms with van der Waals surface area (Å²) < 4.78 is 42.0. The monoisotopic (exact) mass is 554 g/mol. The highest BCUT2D eigenvalue weighted by Crippen LogP contribution is 2.37. The third kappa shape index (κ3) is 5.93. The number of alkyl halides is 3. The van der Waals surface area contributed by atoms with Gasteiger partial charge in [0.15, 0.2) is 11.6 Å². The van der Waals surface area contributed by atoms with Crippen molar-refractivity contribution in [3.8, 4) is 11.4 Å². The van der Waals surface area contributed by atoms with Crippen molar-refractivity contribution < 1.29 is 13.2 Å². The summed E-state index contributed by atoms with van der Waals surface area (Å²) in [6.45, 7) is 8.96. The van der Waals surface area contributed by atoms with Crippen LogP contribution in [0.2, 0.25) is 0 Å². The summed E-state index contributed by atoms with van der Waals surface area (Å²) in [5.74, 6) is 0.757. The number of aromatic nitrogens is 5. The van der Waals surface area contributed by atoms with Gasteiger partial charge in [-0.1, -0.05) is 6.58 Å². The second-order valence-corrected chi connectivity index (χ2v) is 10.6. The molecular weight excluding hydrogens is 521 g/mol. The molecule has 5 N–H and O–H groups in total. The van der Waals surface area contributed by atoms with Crippen molar-refractivity contribution in [3.05, 3.63) is 48.6 Å². The van der Waals surface area contributed by atoms with E-state index in [1.165, 1.54) is 6.20 Å². The molecule has 0 aromatic carbocycles. The molecule has 2 aliphatic heterocycles. The van der Waals surface area contributed by atoms with Crippen LogP contribution in [0.15, 0.2) is 37.3 Å². The molecule has 0 bridgehead atoms. The first-order chi connectivity index (χ1) is 19.0. The van der Waals surface area contributed by atoms with Crippen LogP contribution in [0.5, 0.6) is 0 Å². The third-order valence-corrected chi connectivity index (χ3v) is 7.35. The number of halogens is 3. The molecule has 40 heavy (non-hydrogen) atoms. The Balaban J connectivity index is 1.46. The van der Waals surface area contributed by atoms with E-state index in [2.05, 4.69) is 41.7 Å². The van der Waals surface area contributed by atoms with E-state index in [1.54, 1.807) is 6.20 Å². The fraction of sp³-hybridized carbons (Fsp3) is 0.444. The van der Waals surface area contributed by atoms with Crippen molar-refractivity contribution in [2.75, 3.05) is 47.0 Å². The summed E-state index contributed by atoms with van der Waals surface area (Å²) in [6, 6.07) is 3.77. The normalized spacial score (nSPS) is 17.5. The lowest BCUT2D eigenvalue weighted by Gasteiger charge is -2.38. The Morgan fingerprint density at radius 1 is 1.00 bits per heavy atom. The van der Waals surface area contributed by atoms with Crippen molar-refractivity contribution in [2.24, 2.45) is 5.73 Å².